The Kier molecular flexibility index (Phi) is 4.46. The minimum Gasteiger partial charge on any atom is -0.460 e. The van der Waals surface area contributed by atoms with Crippen LogP contribution in [0.15, 0.2) is 10.5 Å². The molecule has 14 heavy (non-hydrogen) atoms. The van der Waals surface area contributed by atoms with Crippen molar-refractivity contribution in [3.05, 3.63) is 19.8 Å². The lowest BCUT2D eigenvalue weighted by Crippen LogP contribution is -2.03. The zero-order valence-corrected chi connectivity index (χ0v) is 10.2. The number of hydrogen-bond donors (Lipinski definition) is 0. The average molecular weight is 294 g/mol. The maximum Gasteiger partial charge on any atom is 0.348 e. The van der Waals surface area contributed by atoms with Gasteiger partial charge in [-0.15, -0.1) is 23.7 Å². The summed E-state index contributed by atoms with van der Waals surface area (Å²) in [6.07, 6.45) is 5.44. The molecule has 0 atom stereocenters. The summed E-state index contributed by atoms with van der Waals surface area (Å²) in [5.41, 5.74) is 0. The normalized spacial score (nSPS) is 9.50. The number of carbonyl (C=O) groups is 1. The number of ether oxygens (including phenoxy) is 1. The van der Waals surface area contributed by atoms with E-state index in [4.69, 9.17) is 22.8 Å². The van der Waals surface area contributed by atoms with E-state index in [-0.39, 0.29) is 6.61 Å². The van der Waals surface area contributed by atoms with Crippen molar-refractivity contribution in [1.29, 1.82) is 0 Å². The van der Waals surface area contributed by atoms with Gasteiger partial charge in [0, 0.05) is 10.9 Å². The lowest BCUT2D eigenvalue weighted by Gasteiger charge is -1.98. The van der Waals surface area contributed by atoms with Crippen LogP contribution in [0.25, 0.3) is 0 Å². The fraction of sp³-hybridized carbons (Fsp3) is 0.222. The van der Waals surface area contributed by atoms with Gasteiger partial charge in [-0.25, -0.2) is 4.79 Å². The van der Waals surface area contributed by atoms with E-state index in [0.29, 0.717) is 20.1 Å². The van der Waals surface area contributed by atoms with Crippen LogP contribution in [0.2, 0.25) is 4.34 Å². The van der Waals surface area contributed by atoms with Crippen molar-refractivity contribution in [2.75, 3.05) is 6.61 Å². The van der Waals surface area contributed by atoms with Crippen LogP contribution < -0.4 is 0 Å². The molecule has 0 saturated heterocycles. The van der Waals surface area contributed by atoms with Crippen LogP contribution in [0.1, 0.15) is 16.1 Å². The molecular weight excluding hydrogens is 288 g/mol. The molecule has 0 fully saturated rings. The molecule has 0 aliphatic carbocycles. The first-order chi connectivity index (χ1) is 6.65. The second-order valence-corrected chi connectivity index (χ2v) is 4.83. The van der Waals surface area contributed by atoms with Crippen LogP contribution in [0.4, 0.5) is 0 Å². The average Bonchev–Trinajstić information content (AvgIpc) is 2.47. The van der Waals surface area contributed by atoms with E-state index in [2.05, 4.69) is 21.9 Å². The molecule has 5 heteroatoms. The van der Waals surface area contributed by atoms with Gasteiger partial charge in [-0.2, -0.15) is 0 Å². The van der Waals surface area contributed by atoms with Gasteiger partial charge in [0.25, 0.3) is 0 Å². The molecule has 0 spiro atoms. The first-order valence-corrected chi connectivity index (χ1v) is 5.69. The molecule has 2 nitrogen and oxygen atoms in total. The molecule has 1 heterocycles. The Hall–Kier alpha value is -0.500. The van der Waals surface area contributed by atoms with Crippen LogP contribution in [-0.4, -0.2) is 12.6 Å². The van der Waals surface area contributed by atoms with Gasteiger partial charge >= 0.3 is 5.97 Å². The van der Waals surface area contributed by atoms with Gasteiger partial charge in [-0.1, -0.05) is 11.6 Å². The van der Waals surface area contributed by atoms with Gasteiger partial charge in [-0.3, -0.25) is 0 Å². The third kappa shape index (κ3) is 3.02. The predicted octanol–water partition coefficient (Wildman–Crippen LogP) is 3.34. The van der Waals surface area contributed by atoms with Gasteiger partial charge in [0.1, 0.15) is 15.8 Å². The minimum atomic E-state index is -0.391. The molecule has 0 N–H and O–H groups in total. The molecule has 0 saturated carbocycles. The number of carbonyl (C=O) groups excluding carboxylic acids is 1. The first kappa shape index (κ1) is 11.6. The van der Waals surface area contributed by atoms with Crippen molar-refractivity contribution < 1.29 is 9.53 Å². The number of halogens is 2. The molecule has 0 aliphatic rings. The molecule has 1 aromatic rings. The molecule has 74 valence electrons. The van der Waals surface area contributed by atoms with Crippen LogP contribution >= 0.6 is 38.9 Å². The number of thiophene rings is 1. The summed E-state index contributed by atoms with van der Waals surface area (Å²) in [6.45, 7) is 0.239. The number of esters is 1. The summed E-state index contributed by atoms with van der Waals surface area (Å²) in [6, 6.07) is 1.63. The monoisotopic (exact) mass is 292 g/mol. The Morgan fingerprint density at radius 1 is 1.79 bits per heavy atom. The Balaban J connectivity index is 2.57. The van der Waals surface area contributed by atoms with Crippen molar-refractivity contribution in [2.24, 2.45) is 0 Å². The summed E-state index contributed by atoms with van der Waals surface area (Å²) < 4.78 is 6.12. The van der Waals surface area contributed by atoms with E-state index in [9.17, 15) is 4.79 Å². The molecule has 0 aliphatic heterocycles. The zero-order chi connectivity index (χ0) is 10.6. The fourth-order valence-electron chi connectivity index (χ4n) is 0.721. The maximum absolute atomic E-state index is 11.3. The lowest BCUT2D eigenvalue weighted by molar-refractivity contribution is 0.0519. The van der Waals surface area contributed by atoms with Crippen LogP contribution in [-0.2, 0) is 4.74 Å². The van der Waals surface area contributed by atoms with E-state index in [1.165, 1.54) is 11.3 Å². The molecule has 0 bridgehead atoms. The molecule has 0 aromatic carbocycles. The van der Waals surface area contributed by atoms with Crippen LogP contribution in [0.5, 0.6) is 0 Å². The van der Waals surface area contributed by atoms with E-state index < -0.39 is 5.97 Å². The van der Waals surface area contributed by atoms with Crippen molar-refractivity contribution in [1.82, 2.24) is 0 Å². The van der Waals surface area contributed by atoms with Crippen molar-refractivity contribution in [3.8, 4) is 12.3 Å². The lowest BCUT2D eigenvalue weighted by atomic mass is 10.4. The van der Waals surface area contributed by atoms with E-state index in [1.54, 1.807) is 6.07 Å². The maximum atomic E-state index is 11.3. The minimum absolute atomic E-state index is 0.239. The molecule has 0 radical (unpaired) electrons. The summed E-state index contributed by atoms with van der Waals surface area (Å²) in [5.74, 6) is 1.99. The number of terminal acetylenes is 1. The van der Waals surface area contributed by atoms with Crippen molar-refractivity contribution in [3.63, 3.8) is 0 Å². The largest absolute Gasteiger partial charge is 0.460 e. The van der Waals surface area contributed by atoms with E-state index in [0.717, 1.165) is 0 Å². The zero-order valence-electron chi connectivity index (χ0n) is 7.05. The molecule has 0 amide bonds. The van der Waals surface area contributed by atoms with Crippen molar-refractivity contribution >= 4 is 44.8 Å². The molecular formula is C9H6BrClO2S. The summed E-state index contributed by atoms with van der Waals surface area (Å²) in [7, 11) is 0. The first-order valence-electron chi connectivity index (χ1n) is 3.70. The van der Waals surface area contributed by atoms with Crippen molar-refractivity contribution in [2.45, 2.75) is 6.42 Å². The van der Waals surface area contributed by atoms with Crippen LogP contribution in [0, 0.1) is 12.3 Å². The highest BCUT2D eigenvalue weighted by Crippen LogP contribution is 2.32. The highest BCUT2D eigenvalue weighted by molar-refractivity contribution is 9.10. The molecule has 1 aromatic heterocycles. The van der Waals surface area contributed by atoms with Gasteiger partial charge < -0.3 is 4.74 Å². The topological polar surface area (TPSA) is 26.3 Å². The summed E-state index contributed by atoms with van der Waals surface area (Å²) >= 11 is 10.1. The van der Waals surface area contributed by atoms with E-state index >= 15 is 0 Å². The number of rotatable bonds is 3. The predicted molar refractivity (Wildman–Crippen MR) is 60.8 cm³/mol. The molecule has 0 unspecified atom stereocenters. The quantitative estimate of drug-likeness (QED) is 0.485. The van der Waals surface area contributed by atoms with Gasteiger partial charge in [0.05, 0.1) is 0 Å². The molecule has 1 rings (SSSR count). The highest BCUT2D eigenvalue weighted by Gasteiger charge is 2.12. The fourth-order valence-corrected chi connectivity index (χ4v) is 2.32. The smallest absolute Gasteiger partial charge is 0.348 e. The van der Waals surface area contributed by atoms with Gasteiger partial charge in [0.15, 0.2) is 0 Å². The Labute approximate surface area is 99.3 Å². The third-order valence-electron chi connectivity index (χ3n) is 1.33. The highest BCUT2D eigenvalue weighted by atomic mass is 79.9. The van der Waals surface area contributed by atoms with Gasteiger partial charge in [-0.05, 0) is 22.0 Å². The second-order valence-electron chi connectivity index (χ2n) is 2.32. The Bertz CT molecular complexity index is 361. The SMILES string of the molecule is C#CCCOC(=O)c1cc(Br)c(Cl)s1. The Morgan fingerprint density at radius 3 is 3.00 bits per heavy atom. The summed E-state index contributed by atoms with van der Waals surface area (Å²) in [5, 5.41) is 0. The second kappa shape index (κ2) is 5.40. The van der Waals surface area contributed by atoms with E-state index in [1.807, 2.05) is 0 Å². The van der Waals surface area contributed by atoms with Crippen LogP contribution in [0.3, 0.4) is 0 Å². The number of hydrogen-bond acceptors (Lipinski definition) is 3. The third-order valence-corrected chi connectivity index (χ3v) is 3.78. The standard InChI is InChI=1S/C9H6BrClO2S/c1-2-3-4-13-9(12)7-5-6(10)8(11)14-7/h1,5H,3-4H2. The van der Waals surface area contributed by atoms with Gasteiger partial charge in [0.2, 0.25) is 0 Å². The summed E-state index contributed by atoms with van der Waals surface area (Å²) in [4.78, 5) is 11.8. The Morgan fingerprint density at radius 2 is 2.50 bits per heavy atom.